The number of carbonyl (C=O) groups excluding carboxylic acids is 2. The molecular formula is C26H20Cl2FN3O3S. The zero-order chi connectivity index (χ0) is 25.8. The number of anilines is 2. The van der Waals surface area contributed by atoms with Crippen LogP contribution in [0.15, 0.2) is 77.4 Å². The Morgan fingerprint density at radius 2 is 1.83 bits per heavy atom. The average Bonchev–Trinajstić information content (AvgIpc) is 3.16. The molecule has 1 aliphatic rings. The normalized spacial score (nSPS) is 15.1. The van der Waals surface area contributed by atoms with Crippen molar-refractivity contribution < 1.29 is 18.7 Å². The summed E-state index contributed by atoms with van der Waals surface area (Å²) in [5, 5.41) is 3.00. The van der Waals surface area contributed by atoms with Crippen LogP contribution in [0.25, 0.3) is 6.08 Å². The number of nitrogens with zero attached hydrogens (tertiary/aromatic N) is 2. The van der Waals surface area contributed by atoms with Crippen LogP contribution < -0.4 is 15.0 Å². The van der Waals surface area contributed by atoms with E-state index in [4.69, 9.17) is 27.9 Å². The number of carbonyl (C=O) groups is 2. The Morgan fingerprint density at radius 1 is 1.11 bits per heavy atom. The maximum absolute atomic E-state index is 14.7. The third kappa shape index (κ3) is 5.56. The Balaban J connectivity index is 1.65. The molecule has 6 nitrogen and oxygen atoms in total. The number of hydrogen-bond donors (Lipinski definition) is 1. The standard InChI is InChI=1S/C26H20Cl2FN3O3S/c1-15(24(33)30-20-8-4-6-10-23(20)35-2)36-26-31-21(14-16-11-12-17(27)18(28)13-16)25(34)32(26)22-9-5-3-7-19(22)29/h3-15H,1-2H3,(H,30,33)/b21-14-. The summed E-state index contributed by atoms with van der Waals surface area (Å²) in [5.74, 6) is -0.960. The van der Waals surface area contributed by atoms with Crippen LogP contribution in [0, 0.1) is 5.82 Å². The molecule has 0 fully saturated rings. The van der Waals surface area contributed by atoms with Crippen molar-refractivity contribution in [3.05, 3.63) is 93.9 Å². The summed E-state index contributed by atoms with van der Waals surface area (Å²) in [4.78, 5) is 31.9. The molecule has 0 bridgehead atoms. The van der Waals surface area contributed by atoms with E-state index in [1.165, 1.54) is 31.4 Å². The number of halogens is 3. The summed E-state index contributed by atoms with van der Waals surface area (Å²) >= 11 is 13.1. The van der Waals surface area contributed by atoms with Crippen molar-refractivity contribution in [3.63, 3.8) is 0 Å². The van der Waals surface area contributed by atoms with Gasteiger partial charge in [-0.15, -0.1) is 0 Å². The van der Waals surface area contributed by atoms with Crippen molar-refractivity contribution in [3.8, 4) is 5.75 Å². The van der Waals surface area contributed by atoms with Crippen LogP contribution in [0.5, 0.6) is 5.75 Å². The van der Waals surface area contributed by atoms with Gasteiger partial charge in [-0.1, -0.05) is 65.3 Å². The molecule has 3 aromatic carbocycles. The Labute approximate surface area is 221 Å². The Bertz CT molecular complexity index is 1400. The molecule has 0 saturated heterocycles. The molecule has 0 saturated carbocycles. The highest BCUT2D eigenvalue weighted by Gasteiger charge is 2.35. The SMILES string of the molecule is COc1ccccc1NC(=O)C(C)SC1=N/C(=C\c2ccc(Cl)c(Cl)c2)C(=O)N1c1ccccc1F. The van der Waals surface area contributed by atoms with Crippen molar-refractivity contribution in [1.82, 2.24) is 0 Å². The molecule has 2 amide bonds. The van der Waals surface area contributed by atoms with Crippen LogP contribution in [0.2, 0.25) is 10.0 Å². The number of ether oxygens (including phenoxy) is 1. The van der Waals surface area contributed by atoms with Gasteiger partial charge in [-0.2, -0.15) is 0 Å². The molecule has 36 heavy (non-hydrogen) atoms. The van der Waals surface area contributed by atoms with Crippen LogP contribution in [-0.2, 0) is 9.59 Å². The summed E-state index contributed by atoms with van der Waals surface area (Å²) in [6.07, 6.45) is 1.53. The highest BCUT2D eigenvalue weighted by atomic mass is 35.5. The Morgan fingerprint density at radius 3 is 2.56 bits per heavy atom. The van der Waals surface area contributed by atoms with Crippen LogP contribution in [-0.4, -0.2) is 29.3 Å². The number of para-hydroxylation sites is 3. The van der Waals surface area contributed by atoms with Gasteiger partial charge in [0.2, 0.25) is 5.91 Å². The quantitative estimate of drug-likeness (QED) is 0.353. The summed E-state index contributed by atoms with van der Waals surface area (Å²) < 4.78 is 20.0. The number of aliphatic imine (C=N–C) groups is 1. The van der Waals surface area contributed by atoms with Crippen molar-refractivity contribution in [2.75, 3.05) is 17.3 Å². The zero-order valence-electron chi connectivity index (χ0n) is 19.2. The van der Waals surface area contributed by atoms with Gasteiger partial charge in [0.1, 0.15) is 17.3 Å². The third-order valence-corrected chi connectivity index (χ3v) is 6.98. The highest BCUT2D eigenvalue weighted by Crippen LogP contribution is 2.34. The number of rotatable bonds is 6. The third-order valence-electron chi connectivity index (χ3n) is 5.19. The minimum atomic E-state index is -0.680. The molecule has 10 heteroatoms. The minimum Gasteiger partial charge on any atom is -0.495 e. The summed E-state index contributed by atoms with van der Waals surface area (Å²) in [5.41, 5.74) is 1.20. The lowest BCUT2D eigenvalue weighted by atomic mass is 10.2. The maximum atomic E-state index is 14.7. The first kappa shape index (κ1) is 25.8. The fraction of sp³-hybridized carbons (Fsp3) is 0.115. The number of methoxy groups -OCH3 is 1. The van der Waals surface area contributed by atoms with Gasteiger partial charge < -0.3 is 10.1 Å². The van der Waals surface area contributed by atoms with Gasteiger partial charge in [0.15, 0.2) is 5.17 Å². The second-order valence-electron chi connectivity index (χ2n) is 7.64. The fourth-order valence-electron chi connectivity index (χ4n) is 3.37. The number of amides is 2. The summed E-state index contributed by atoms with van der Waals surface area (Å²) in [6, 6.07) is 17.8. The van der Waals surface area contributed by atoms with E-state index in [0.29, 0.717) is 27.0 Å². The molecule has 184 valence electrons. The summed E-state index contributed by atoms with van der Waals surface area (Å²) in [7, 11) is 1.51. The van der Waals surface area contributed by atoms with Gasteiger partial charge in [0, 0.05) is 0 Å². The molecule has 1 unspecified atom stereocenters. The maximum Gasteiger partial charge on any atom is 0.283 e. The van der Waals surface area contributed by atoms with Gasteiger partial charge in [0.05, 0.1) is 33.8 Å². The number of amidine groups is 1. The van der Waals surface area contributed by atoms with Gasteiger partial charge in [0.25, 0.3) is 5.91 Å². The lowest BCUT2D eigenvalue weighted by molar-refractivity contribution is -0.115. The molecule has 0 aliphatic carbocycles. The van der Waals surface area contributed by atoms with Crippen molar-refractivity contribution in [2.45, 2.75) is 12.2 Å². The lowest BCUT2D eigenvalue weighted by Crippen LogP contribution is -2.34. The average molecular weight is 544 g/mol. The molecule has 0 aromatic heterocycles. The van der Waals surface area contributed by atoms with E-state index < -0.39 is 17.0 Å². The molecule has 0 spiro atoms. The minimum absolute atomic E-state index is 0.0311. The van der Waals surface area contributed by atoms with Crippen molar-refractivity contribution in [1.29, 1.82) is 0 Å². The molecule has 0 radical (unpaired) electrons. The van der Waals surface area contributed by atoms with E-state index in [9.17, 15) is 14.0 Å². The fourth-order valence-corrected chi connectivity index (χ4v) is 4.60. The van der Waals surface area contributed by atoms with Crippen molar-refractivity contribution >= 4 is 69.4 Å². The largest absolute Gasteiger partial charge is 0.495 e. The van der Waals surface area contributed by atoms with Crippen LogP contribution in [0.1, 0.15) is 12.5 Å². The first-order valence-electron chi connectivity index (χ1n) is 10.7. The van der Waals surface area contributed by atoms with E-state index in [2.05, 4.69) is 10.3 Å². The van der Waals surface area contributed by atoms with Gasteiger partial charge in [-0.3, -0.25) is 14.5 Å². The van der Waals surface area contributed by atoms with Crippen molar-refractivity contribution in [2.24, 2.45) is 4.99 Å². The monoisotopic (exact) mass is 543 g/mol. The van der Waals surface area contributed by atoms with Gasteiger partial charge in [-0.05, 0) is 55.0 Å². The predicted octanol–water partition coefficient (Wildman–Crippen LogP) is 6.65. The van der Waals surface area contributed by atoms with E-state index in [-0.39, 0.29) is 22.5 Å². The van der Waals surface area contributed by atoms with E-state index in [1.807, 2.05) is 0 Å². The molecule has 1 N–H and O–H groups in total. The van der Waals surface area contributed by atoms with E-state index in [0.717, 1.165) is 16.7 Å². The number of benzene rings is 3. The van der Waals surface area contributed by atoms with E-state index in [1.54, 1.807) is 55.5 Å². The Kier molecular flexibility index (Phi) is 7.98. The first-order valence-corrected chi connectivity index (χ1v) is 12.4. The molecule has 4 rings (SSSR count). The lowest BCUT2D eigenvalue weighted by Gasteiger charge is -2.20. The Hall–Kier alpha value is -3.33. The second kappa shape index (κ2) is 11.2. The smallest absolute Gasteiger partial charge is 0.283 e. The number of nitrogens with one attached hydrogen (secondary N) is 1. The highest BCUT2D eigenvalue weighted by molar-refractivity contribution is 8.15. The molecular weight excluding hydrogens is 524 g/mol. The topological polar surface area (TPSA) is 71.0 Å². The number of thioether (sulfide) groups is 1. The first-order chi connectivity index (χ1) is 17.3. The molecule has 1 heterocycles. The molecule has 3 aromatic rings. The summed E-state index contributed by atoms with van der Waals surface area (Å²) in [6.45, 7) is 1.67. The van der Waals surface area contributed by atoms with E-state index >= 15 is 0 Å². The predicted molar refractivity (Wildman–Crippen MR) is 144 cm³/mol. The second-order valence-corrected chi connectivity index (χ2v) is 9.76. The van der Waals surface area contributed by atoms with Crippen LogP contribution in [0.4, 0.5) is 15.8 Å². The van der Waals surface area contributed by atoms with Crippen LogP contribution in [0.3, 0.4) is 0 Å². The van der Waals surface area contributed by atoms with Gasteiger partial charge >= 0.3 is 0 Å². The van der Waals surface area contributed by atoms with Crippen LogP contribution >= 0.6 is 35.0 Å². The molecule has 1 atom stereocenters. The number of hydrogen-bond acceptors (Lipinski definition) is 5. The zero-order valence-corrected chi connectivity index (χ0v) is 21.5. The van der Waals surface area contributed by atoms with Gasteiger partial charge in [-0.25, -0.2) is 9.38 Å². The molecule has 1 aliphatic heterocycles.